The third kappa shape index (κ3) is 8.05. The van der Waals surface area contributed by atoms with Crippen molar-refractivity contribution in [3.8, 4) is 5.75 Å². The summed E-state index contributed by atoms with van der Waals surface area (Å²) in [7, 11) is 1.56. The van der Waals surface area contributed by atoms with Crippen LogP contribution >= 0.6 is 35.6 Å². The summed E-state index contributed by atoms with van der Waals surface area (Å²) in [4.78, 5) is 46.1. The van der Waals surface area contributed by atoms with Crippen LogP contribution in [0.15, 0.2) is 78.9 Å². The summed E-state index contributed by atoms with van der Waals surface area (Å²) in [6.07, 6.45) is 4.82. The van der Waals surface area contributed by atoms with Gasteiger partial charge in [0.05, 0.1) is 17.3 Å². The second-order valence-corrected chi connectivity index (χ2v) is 11.1. The summed E-state index contributed by atoms with van der Waals surface area (Å²) in [5.41, 5.74) is 3.42. The number of urea groups is 1. The van der Waals surface area contributed by atoms with E-state index in [0.717, 1.165) is 23.0 Å². The number of aromatic nitrogens is 1. The number of aryl methyl sites for hydroxylation is 1. The lowest BCUT2D eigenvalue weighted by atomic mass is 10.1. The Bertz CT molecular complexity index is 1760. The highest BCUT2D eigenvalue weighted by Gasteiger charge is 2.20. The molecule has 0 saturated carbocycles. The molecule has 2 heterocycles. The number of nitrogens with one attached hydrogen (secondary N) is 2. The molecule has 1 aliphatic heterocycles. The Morgan fingerprint density at radius 2 is 1.82 bits per heavy atom. The first-order valence-electron chi connectivity index (χ1n) is 14.0. The zero-order chi connectivity index (χ0) is 31.2. The number of hydrogen-bond acceptors (Lipinski definition) is 5. The Morgan fingerprint density at radius 1 is 1.02 bits per heavy atom. The van der Waals surface area contributed by atoms with Crippen molar-refractivity contribution < 1.29 is 19.1 Å². The molecule has 12 heteroatoms. The molecule has 0 radical (unpaired) electrons. The zero-order valence-electron chi connectivity index (χ0n) is 24.7. The average molecular weight is 669 g/mol. The minimum Gasteiger partial charge on any atom is -0.487 e. The number of anilines is 2. The number of fused-ring (bicyclic) bond motifs is 1. The summed E-state index contributed by atoms with van der Waals surface area (Å²) >= 11 is 13.2. The van der Waals surface area contributed by atoms with Crippen molar-refractivity contribution in [2.45, 2.75) is 20.0 Å². The fourth-order valence-electron chi connectivity index (χ4n) is 4.78. The largest absolute Gasteiger partial charge is 0.487 e. The van der Waals surface area contributed by atoms with Crippen LogP contribution in [0.5, 0.6) is 5.75 Å². The lowest BCUT2D eigenvalue weighted by Crippen LogP contribution is -2.40. The van der Waals surface area contributed by atoms with Crippen molar-refractivity contribution in [2.24, 2.45) is 0 Å². The van der Waals surface area contributed by atoms with Gasteiger partial charge < -0.3 is 25.2 Å². The molecule has 3 aromatic carbocycles. The first-order chi connectivity index (χ1) is 21.2. The van der Waals surface area contributed by atoms with E-state index >= 15 is 0 Å². The minimum atomic E-state index is -0.590. The Balaban J connectivity index is 0.00000461. The normalized spacial score (nSPS) is 12.3. The summed E-state index contributed by atoms with van der Waals surface area (Å²) in [6.45, 7) is 2.87. The molecule has 0 bridgehead atoms. The number of amides is 4. The second kappa shape index (κ2) is 15.1. The van der Waals surface area contributed by atoms with Gasteiger partial charge in [-0.05, 0) is 55.8 Å². The third-order valence-electron chi connectivity index (χ3n) is 7.21. The molecule has 2 N–H and O–H groups in total. The van der Waals surface area contributed by atoms with Gasteiger partial charge in [-0.2, -0.15) is 0 Å². The number of nitrogens with zero attached hydrogens (tertiary/aromatic N) is 3. The Labute approximate surface area is 277 Å². The first kappa shape index (κ1) is 33.6. The molecule has 4 aromatic rings. The highest BCUT2D eigenvalue weighted by molar-refractivity contribution is 6.38. The van der Waals surface area contributed by atoms with E-state index in [1.807, 2.05) is 49.4 Å². The zero-order valence-corrected chi connectivity index (χ0v) is 27.0. The lowest BCUT2D eigenvalue weighted by molar-refractivity contribution is -0.117. The minimum absolute atomic E-state index is 0. The second-order valence-electron chi connectivity index (χ2n) is 10.3. The SMILES string of the molecule is Cc1ccc2cccc(OCc3c(Cl)ccc(N(C)C(=O)CNC(=O)Nc4cccc(C(=O)N5CC=CCC5)c4)c3Cl)c2n1.Cl. The number of rotatable bonds is 8. The van der Waals surface area contributed by atoms with Crippen molar-refractivity contribution in [1.29, 1.82) is 0 Å². The Kier molecular flexibility index (Phi) is 11.3. The summed E-state index contributed by atoms with van der Waals surface area (Å²) < 4.78 is 6.08. The lowest BCUT2D eigenvalue weighted by Gasteiger charge is -2.23. The van der Waals surface area contributed by atoms with Gasteiger partial charge in [-0.3, -0.25) is 9.59 Å². The van der Waals surface area contributed by atoms with E-state index in [4.69, 9.17) is 27.9 Å². The molecular weight excluding hydrogens is 637 g/mol. The molecule has 0 fully saturated rings. The maximum absolute atomic E-state index is 13.0. The van der Waals surface area contributed by atoms with Crippen LogP contribution < -0.4 is 20.3 Å². The molecule has 1 aromatic heterocycles. The van der Waals surface area contributed by atoms with Gasteiger partial charge in [0.15, 0.2) is 0 Å². The molecule has 0 aliphatic carbocycles. The quantitative estimate of drug-likeness (QED) is 0.196. The van der Waals surface area contributed by atoms with Gasteiger partial charge in [0, 0.05) is 53.1 Å². The third-order valence-corrected chi connectivity index (χ3v) is 7.98. The molecule has 0 spiro atoms. The van der Waals surface area contributed by atoms with E-state index in [-0.39, 0.29) is 36.5 Å². The van der Waals surface area contributed by atoms with Gasteiger partial charge in [0.1, 0.15) is 17.9 Å². The van der Waals surface area contributed by atoms with Gasteiger partial charge in [-0.25, -0.2) is 9.78 Å². The topological polar surface area (TPSA) is 104 Å². The maximum Gasteiger partial charge on any atom is 0.319 e. The summed E-state index contributed by atoms with van der Waals surface area (Å²) in [5.74, 6) is 0.0673. The molecule has 0 unspecified atom stereocenters. The Morgan fingerprint density at radius 3 is 2.60 bits per heavy atom. The molecule has 5 rings (SSSR count). The van der Waals surface area contributed by atoms with Crippen LogP contribution in [0.25, 0.3) is 10.9 Å². The number of likely N-dealkylation sites (N-methyl/N-ethyl adjacent to an activating group) is 1. The number of carbonyl (C=O) groups excluding carboxylic acids is 3. The van der Waals surface area contributed by atoms with Crippen molar-refractivity contribution in [1.82, 2.24) is 15.2 Å². The highest BCUT2D eigenvalue weighted by atomic mass is 35.5. The van der Waals surface area contributed by atoms with Crippen molar-refractivity contribution in [3.63, 3.8) is 0 Å². The van der Waals surface area contributed by atoms with Crippen LogP contribution in [0.3, 0.4) is 0 Å². The van der Waals surface area contributed by atoms with Gasteiger partial charge in [0.2, 0.25) is 5.91 Å². The smallest absolute Gasteiger partial charge is 0.319 e. The van der Waals surface area contributed by atoms with Crippen molar-refractivity contribution >= 4 is 75.7 Å². The number of para-hydroxylation sites is 1. The van der Waals surface area contributed by atoms with Crippen LogP contribution in [0.2, 0.25) is 10.0 Å². The molecule has 0 saturated heterocycles. The fraction of sp³-hybridized carbons (Fsp3) is 0.212. The molecule has 1 aliphatic rings. The first-order valence-corrected chi connectivity index (χ1v) is 14.8. The molecular formula is C33H32Cl3N5O4. The summed E-state index contributed by atoms with van der Waals surface area (Å²) in [5, 5.41) is 6.83. The van der Waals surface area contributed by atoms with Gasteiger partial charge in [-0.15, -0.1) is 12.4 Å². The predicted octanol–water partition coefficient (Wildman–Crippen LogP) is 7.04. The predicted molar refractivity (Wildman–Crippen MR) is 181 cm³/mol. The number of benzene rings is 3. The van der Waals surface area contributed by atoms with E-state index in [9.17, 15) is 14.4 Å². The van der Waals surface area contributed by atoms with Gasteiger partial charge in [0.25, 0.3) is 5.91 Å². The van der Waals surface area contributed by atoms with Crippen LogP contribution in [-0.2, 0) is 11.4 Å². The monoisotopic (exact) mass is 667 g/mol. The molecule has 4 amide bonds. The molecule has 45 heavy (non-hydrogen) atoms. The van der Waals surface area contributed by atoms with E-state index in [2.05, 4.69) is 15.6 Å². The summed E-state index contributed by atoms with van der Waals surface area (Å²) in [6, 6.07) is 19.0. The number of halogens is 3. The Hall–Kier alpha value is -4.31. The van der Waals surface area contributed by atoms with Crippen molar-refractivity contribution in [3.05, 3.63) is 106 Å². The van der Waals surface area contributed by atoms with Crippen LogP contribution in [-0.4, -0.2) is 54.4 Å². The number of carbonyl (C=O) groups is 3. The standard InChI is InChI=1S/C33H31Cl2N5O4.ClH/c1-21-12-13-22-8-7-11-28(31(22)37-21)44-20-25-26(34)14-15-27(30(25)35)39(2)29(41)19-36-33(43)38-24-10-6-9-23(18-24)32(42)40-16-4-3-5-17-40;/h3-4,6-15,18H,5,16-17,19-20H2,1-2H3,(H2,36,38,43);1H. The van der Waals surface area contributed by atoms with Crippen LogP contribution in [0.4, 0.5) is 16.2 Å². The molecule has 0 atom stereocenters. The van der Waals surface area contributed by atoms with E-state index in [1.54, 1.807) is 48.3 Å². The van der Waals surface area contributed by atoms with Gasteiger partial charge >= 0.3 is 6.03 Å². The molecule has 234 valence electrons. The fourth-order valence-corrected chi connectivity index (χ4v) is 5.39. The van der Waals surface area contributed by atoms with Crippen LogP contribution in [0.1, 0.15) is 28.0 Å². The van der Waals surface area contributed by atoms with Crippen LogP contribution in [0, 0.1) is 6.92 Å². The van der Waals surface area contributed by atoms with E-state index in [0.29, 0.717) is 46.4 Å². The number of ether oxygens (including phenoxy) is 1. The average Bonchev–Trinajstić information content (AvgIpc) is 3.03. The van der Waals surface area contributed by atoms with Gasteiger partial charge in [-0.1, -0.05) is 59.6 Å². The number of hydrogen-bond donors (Lipinski definition) is 2. The van der Waals surface area contributed by atoms with E-state index < -0.39 is 11.9 Å². The number of pyridine rings is 1. The maximum atomic E-state index is 13.0. The van der Waals surface area contributed by atoms with Crippen molar-refractivity contribution in [2.75, 3.05) is 36.9 Å². The molecule has 9 nitrogen and oxygen atoms in total. The highest BCUT2D eigenvalue weighted by Crippen LogP contribution is 2.35. The van der Waals surface area contributed by atoms with E-state index in [1.165, 1.54) is 4.90 Å².